The molecule has 12 rings (SSSR count). The van der Waals surface area contributed by atoms with Crippen molar-refractivity contribution in [1.29, 1.82) is 0 Å². The number of hydrogen-bond acceptors (Lipinski definition) is 11. The molecule has 11 aromatic rings. The van der Waals surface area contributed by atoms with Crippen LogP contribution in [0.4, 0.5) is 11.4 Å². The summed E-state index contributed by atoms with van der Waals surface area (Å²) >= 11 is 1.80. The van der Waals surface area contributed by atoms with E-state index >= 15 is 0 Å². The second kappa shape index (κ2) is 19.2. The molecule has 1 saturated heterocycles. The lowest BCUT2D eigenvalue weighted by Gasteiger charge is -2.32. The molecule has 4 aromatic carbocycles. The fourth-order valence-electron chi connectivity index (χ4n) is 9.61. The molecule has 13 heteroatoms. The fraction of sp³-hybridized carbons (Fsp3) is 0.161. The van der Waals surface area contributed by atoms with Crippen LogP contribution in [0.1, 0.15) is 47.2 Å². The quantitative estimate of drug-likeness (QED) is 0.104. The molecule has 0 bridgehead atoms. The average Bonchev–Trinajstić information content (AvgIpc) is 3.97. The predicted molar refractivity (Wildman–Crippen MR) is 280 cm³/mol. The number of pyridine rings is 3. The fourth-order valence-corrected chi connectivity index (χ4v) is 10.5. The molecule has 0 radical (unpaired) electrons. The van der Waals surface area contributed by atoms with Crippen LogP contribution >= 0.6 is 11.3 Å². The highest BCUT2D eigenvalue weighted by molar-refractivity contribution is 7.17. The molecule has 8 heterocycles. The highest BCUT2D eigenvalue weighted by Crippen LogP contribution is 2.38. The number of aryl methyl sites for hydroxylation is 2. The molecule has 0 aliphatic carbocycles. The van der Waals surface area contributed by atoms with E-state index in [1.54, 1.807) is 54.6 Å². The van der Waals surface area contributed by atoms with Gasteiger partial charge in [0.2, 0.25) is 5.56 Å². The number of aromatic nitrogens is 8. The Balaban J connectivity index is 0.000000151. The van der Waals surface area contributed by atoms with Gasteiger partial charge in [-0.25, -0.2) is 0 Å². The SMILES string of the molecule is Cc1csc2ccc(-c3cc(NC(c4cccnc4)C4CCNCC4)cc4nccnc34)cc12.Cn1ccc2ccc(-c3cc(NC(c4cccnc4)c4cc[nH]c(=O)c4)cc4nccnc34)cc21. The Bertz CT molecular complexity index is 3640. The van der Waals surface area contributed by atoms with E-state index in [0.717, 1.165) is 92.7 Å². The largest absolute Gasteiger partial charge is 0.378 e. The zero-order chi connectivity index (χ0) is 46.7. The normalized spacial score (nSPS) is 13.8. The van der Waals surface area contributed by atoms with Crippen molar-refractivity contribution in [2.75, 3.05) is 23.7 Å². The van der Waals surface area contributed by atoms with Gasteiger partial charge in [0.1, 0.15) is 0 Å². The van der Waals surface area contributed by atoms with Gasteiger partial charge < -0.3 is 25.5 Å². The number of fused-ring (bicyclic) bond motifs is 4. The molecule has 1 aliphatic heterocycles. The van der Waals surface area contributed by atoms with Crippen LogP contribution in [0.2, 0.25) is 0 Å². The second-order valence-electron chi connectivity index (χ2n) is 17.6. The lowest BCUT2D eigenvalue weighted by molar-refractivity contribution is 0.335. The zero-order valence-electron chi connectivity index (χ0n) is 38.2. The summed E-state index contributed by atoms with van der Waals surface area (Å²) in [6, 6.07) is 35.2. The number of nitrogens with zero attached hydrogens (tertiary/aromatic N) is 7. The Morgan fingerprint density at radius 2 is 1.35 bits per heavy atom. The van der Waals surface area contributed by atoms with Gasteiger partial charge in [-0.15, -0.1) is 11.3 Å². The van der Waals surface area contributed by atoms with Crippen LogP contribution in [0.3, 0.4) is 0 Å². The maximum absolute atomic E-state index is 12.1. The lowest BCUT2D eigenvalue weighted by Crippen LogP contribution is -2.33. The van der Waals surface area contributed by atoms with Crippen molar-refractivity contribution in [3.8, 4) is 22.3 Å². The third-order valence-corrected chi connectivity index (χ3v) is 14.2. The number of aromatic amines is 1. The zero-order valence-corrected chi connectivity index (χ0v) is 39.0. The van der Waals surface area contributed by atoms with Crippen molar-refractivity contribution < 1.29 is 0 Å². The van der Waals surface area contributed by atoms with Crippen LogP contribution in [0, 0.1) is 12.8 Å². The van der Waals surface area contributed by atoms with Crippen LogP contribution in [-0.2, 0) is 7.05 Å². The van der Waals surface area contributed by atoms with E-state index in [-0.39, 0.29) is 17.6 Å². The average molecular weight is 924 g/mol. The molecule has 4 N–H and O–H groups in total. The first kappa shape index (κ1) is 43.4. The van der Waals surface area contributed by atoms with Crippen molar-refractivity contribution in [2.24, 2.45) is 13.0 Å². The van der Waals surface area contributed by atoms with Crippen LogP contribution in [0.15, 0.2) is 175 Å². The third kappa shape index (κ3) is 9.17. The van der Waals surface area contributed by atoms with E-state index in [0.29, 0.717) is 5.92 Å². The minimum absolute atomic E-state index is 0.154. The number of thiophene rings is 1. The van der Waals surface area contributed by atoms with Crippen LogP contribution in [0.5, 0.6) is 0 Å². The summed E-state index contributed by atoms with van der Waals surface area (Å²) in [6.07, 6.45) is 20.4. The van der Waals surface area contributed by atoms with Crippen molar-refractivity contribution in [1.82, 2.24) is 44.8 Å². The van der Waals surface area contributed by atoms with E-state index < -0.39 is 0 Å². The first-order valence-corrected chi connectivity index (χ1v) is 24.1. The predicted octanol–water partition coefficient (Wildman–Crippen LogP) is 11.4. The molecular weight excluding hydrogens is 875 g/mol. The van der Waals surface area contributed by atoms with Gasteiger partial charge in [0.25, 0.3) is 0 Å². The number of hydrogen-bond donors (Lipinski definition) is 4. The van der Waals surface area contributed by atoms with Crippen LogP contribution in [-0.4, -0.2) is 52.5 Å². The minimum atomic E-state index is -0.275. The number of nitrogens with one attached hydrogen (secondary N) is 4. The topological polar surface area (TPSA) is 151 Å². The van der Waals surface area contributed by atoms with Gasteiger partial charge in [-0.3, -0.25) is 34.7 Å². The summed E-state index contributed by atoms with van der Waals surface area (Å²) in [7, 11) is 2.04. The second-order valence-corrected chi connectivity index (χ2v) is 18.5. The summed E-state index contributed by atoms with van der Waals surface area (Å²) in [5.74, 6) is 0.538. The summed E-state index contributed by atoms with van der Waals surface area (Å²) in [5.41, 5.74) is 15.0. The van der Waals surface area contributed by atoms with Gasteiger partial charge in [-0.1, -0.05) is 30.3 Å². The van der Waals surface area contributed by atoms with Gasteiger partial charge in [0, 0.05) is 108 Å². The summed E-state index contributed by atoms with van der Waals surface area (Å²) in [5, 5.41) is 15.7. The van der Waals surface area contributed by atoms with E-state index in [1.165, 1.54) is 32.2 Å². The summed E-state index contributed by atoms with van der Waals surface area (Å²) in [4.78, 5) is 42.1. The molecule has 340 valence electrons. The number of rotatable bonds is 10. The molecule has 2 unspecified atom stereocenters. The first-order valence-electron chi connectivity index (χ1n) is 23.2. The first-order chi connectivity index (χ1) is 33.9. The Morgan fingerprint density at radius 3 is 2.04 bits per heavy atom. The highest BCUT2D eigenvalue weighted by atomic mass is 32.1. The van der Waals surface area contributed by atoms with E-state index in [4.69, 9.17) is 4.98 Å². The molecule has 7 aromatic heterocycles. The van der Waals surface area contributed by atoms with Crippen LogP contribution < -0.4 is 21.5 Å². The number of H-pyrrole nitrogens is 1. The Hall–Kier alpha value is -8.13. The molecule has 0 amide bonds. The smallest absolute Gasteiger partial charge is 0.248 e. The third-order valence-electron chi connectivity index (χ3n) is 13.1. The van der Waals surface area contributed by atoms with E-state index in [2.05, 4.69) is 136 Å². The summed E-state index contributed by atoms with van der Waals surface area (Å²) in [6.45, 7) is 4.28. The lowest BCUT2D eigenvalue weighted by atomic mass is 9.86. The number of anilines is 2. The van der Waals surface area contributed by atoms with Crippen molar-refractivity contribution in [3.63, 3.8) is 0 Å². The maximum Gasteiger partial charge on any atom is 0.248 e. The van der Waals surface area contributed by atoms with Gasteiger partial charge in [0.15, 0.2) is 0 Å². The van der Waals surface area contributed by atoms with Gasteiger partial charge in [0.05, 0.1) is 34.2 Å². The molecule has 0 saturated carbocycles. The molecule has 1 fully saturated rings. The van der Waals surface area contributed by atoms with Crippen molar-refractivity contribution in [2.45, 2.75) is 31.8 Å². The molecule has 12 nitrogen and oxygen atoms in total. The molecule has 1 aliphatic rings. The monoisotopic (exact) mass is 923 g/mol. The van der Waals surface area contributed by atoms with Gasteiger partial charge >= 0.3 is 0 Å². The van der Waals surface area contributed by atoms with E-state index in [9.17, 15) is 4.79 Å². The van der Waals surface area contributed by atoms with Crippen molar-refractivity contribution in [3.05, 3.63) is 203 Å². The molecule has 0 spiro atoms. The van der Waals surface area contributed by atoms with Gasteiger partial charge in [-0.2, -0.15) is 0 Å². The Kier molecular flexibility index (Phi) is 12.1. The minimum Gasteiger partial charge on any atom is -0.378 e. The van der Waals surface area contributed by atoms with Gasteiger partial charge in [-0.05, 0) is 155 Å². The molecule has 2 atom stereocenters. The standard InChI is InChI=1S/C28H22N6O.C28H27N5S/c1-34-12-7-18-4-5-19(13-25(18)34)23-15-22(16-24-28(23)32-11-10-30-24)33-27(21-3-2-8-29-17-21)20-6-9-31-26(35)14-20;1-18-17-34-26-5-4-20(13-23(18)26)24-14-22(15-25-28(24)32-12-11-31-25)33-27(19-6-9-29-10-7-19)21-3-2-8-30-16-21/h2-17,27,33H,1H3,(H,31,35);2-5,8,11-17,19,27,29,33H,6-7,9-10H2,1H3. The molecule has 69 heavy (non-hydrogen) atoms. The Morgan fingerprint density at radius 1 is 0.681 bits per heavy atom. The Labute approximate surface area is 402 Å². The van der Waals surface area contributed by atoms with Crippen molar-refractivity contribution >= 4 is 65.8 Å². The maximum atomic E-state index is 12.1. The van der Waals surface area contributed by atoms with E-state index in [1.807, 2.05) is 56.0 Å². The number of benzene rings is 4. The molecular formula is C56H49N11OS. The number of piperidine rings is 1. The summed E-state index contributed by atoms with van der Waals surface area (Å²) < 4.78 is 3.42. The highest BCUT2D eigenvalue weighted by Gasteiger charge is 2.26. The van der Waals surface area contributed by atoms with Crippen LogP contribution in [0.25, 0.3) is 65.3 Å².